The number of carbonyl (C=O) groups excluding carboxylic acids is 1. The number of amides is 1. The van der Waals surface area contributed by atoms with Crippen molar-refractivity contribution in [2.24, 2.45) is 0 Å². The van der Waals surface area contributed by atoms with Crippen LogP contribution in [0.1, 0.15) is 16.1 Å². The fourth-order valence-corrected chi connectivity index (χ4v) is 2.35. The van der Waals surface area contributed by atoms with E-state index in [4.69, 9.17) is 22.1 Å². The second kappa shape index (κ2) is 5.05. The number of nitrogens with zero attached hydrogens (tertiary/aromatic N) is 2. The first-order valence-corrected chi connectivity index (χ1v) is 6.52. The van der Waals surface area contributed by atoms with Crippen molar-refractivity contribution in [1.82, 2.24) is 15.1 Å². The lowest BCUT2D eigenvalue weighted by atomic mass is 10.2. The number of carbonyl (C=O) groups is 1. The van der Waals surface area contributed by atoms with Gasteiger partial charge in [0.25, 0.3) is 5.91 Å². The second-order valence-electron chi connectivity index (χ2n) is 4.53. The molecule has 1 aromatic heterocycles. The summed E-state index contributed by atoms with van der Waals surface area (Å²) in [4.78, 5) is 14.0. The number of H-pyrrole nitrogens is 1. The molecule has 6 nitrogen and oxygen atoms in total. The van der Waals surface area contributed by atoms with E-state index in [-0.39, 0.29) is 5.91 Å². The maximum atomic E-state index is 12.4. The van der Waals surface area contributed by atoms with Crippen LogP contribution in [-0.4, -0.2) is 34.2 Å². The van der Waals surface area contributed by atoms with E-state index in [1.807, 2.05) is 12.1 Å². The molecule has 1 aliphatic rings. The van der Waals surface area contributed by atoms with E-state index < -0.39 is 0 Å². The van der Waals surface area contributed by atoms with Crippen LogP contribution in [0.3, 0.4) is 0 Å². The van der Waals surface area contributed by atoms with Gasteiger partial charge >= 0.3 is 0 Å². The van der Waals surface area contributed by atoms with Crippen LogP contribution in [-0.2, 0) is 6.54 Å². The monoisotopic (exact) mass is 292 g/mol. The summed E-state index contributed by atoms with van der Waals surface area (Å²) >= 11 is 5.99. The molecule has 0 saturated carbocycles. The molecule has 0 atom stereocenters. The number of rotatable bonds is 1. The second-order valence-corrected chi connectivity index (χ2v) is 4.97. The van der Waals surface area contributed by atoms with E-state index in [9.17, 15) is 4.79 Å². The highest BCUT2D eigenvalue weighted by Gasteiger charge is 2.22. The van der Waals surface area contributed by atoms with Crippen molar-refractivity contribution in [2.45, 2.75) is 6.54 Å². The summed E-state index contributed by atoms with van der Waals surface area (Å²) in [5.41, 5.74) is 6.77. The summed E-state index contributed by atoms with van der Waals surface area (Å²) in [5, 5.41) is 7.01. The molecule has 2 aromatic rings. The number of anilines is 1. The zero-order valence-electron chi connectivity index (χ0n) is 10.6. The van der Waals surface area contributed by atoms with Gasteiger partial charge in [0, 0.05) is 23.2 Å². The molecule has 0 unspecified atom stereocenters. The number of hydrogen-bond acceptors (Lipinski definition) is 4. The molecule has 0 saturated heterocycles. The summed E-state index contributed by atoms with van der Waals surface area (Å²) in [6, 6.07) is 6.92. The van der Waals surface area contributed by atoms with Gasteiger partial charge in [0.15, 0.2) is 0 Å². The molecule has 1 aliphatic heterocycles. The number of benzene rings is 1. The molecular formula is C13H13ClN4O2. The van der Waals surface area contributed by atoms with E-state index in [1.165, 1.54) is 6.07 Å². The van der Waals surface area contributed by atoms with E-state index in [1.54, 1.807) is 11.0 Å². The van der Waals surface area contributed by atoms with Crippen LogP contribution in [0.15, 0.2) is 24.3 Å². The summed E-state index contributed by atoms with van der Waals surface area (Å²) in [6.07, 6.45) is 0. The average molecular weight is 293 g/mol. The third-order valence-electron chi connectivity index (χ3n) is 3.12. The summed E-state index contributed by atoms with van der Waals surface area (Å²) in [7, 11) is 0. The Kier molecular flexibility index (Phi) is 3.23. The molecule has 0 radical (unpaired) electrons. The van der Waals surface area contributed by atoms with Crippen molar-refractivity contribution in [3.05, 3.63) is 40.5 Å². The number of nitrogen functional groups attached to an aromatic ring is 1. The lowest BCUT2D eigenvalue weighted by Gasteiger charge is -2.18. The minimum absolute atomic E-state index is 0.161. The molecule has 3 rings (SSSR count). The van der Waals surface area contributed by atoms with Crippen LogP contribution in [0.2, 0.25) is 5.02 Å². The number of halogens is 1. The van der Waals surface area contributed by atoms with Gasteiger partial charge < -0.3 is 15.4 Å². The zero-order chi connectivity index (χ0) is 14.1. The maximum Gasteiger partial charge on any atom is 0.272 e. The predicted octanol–water partition coefficient (Wildman–Crippen LogP) is 1.68. The molecule has 2 heterocycles. The summed E-state index contributed by atoms with van der Waals surface area (Å²) in [5.74, 6) is 0.891. The summed E-state index contributed by atoms with van der Waals surface area (Å²) < 4.78 is 5.62. The molecule has 0 aliphatic carbocycles. The largest absolute Gasteiger partial charge is 0.491 e. The Labute approximate surface area is 120 Å². The van der Waals surface area contributed by atoms with Crippen molar-refractivity contribution in [2.75, 3.05) is 18.9 Å². The Morgan fingerprint density at radius 3 is 3.05 bits per heavy atom. The number of aromatic amines is 1. The van der Waals surface area contributed by atoms with Crippen LogP contribution in [0, 0.1) is 0 Å². The molecule has 7 heteroatoms. The summed E-state index contributed by atoms with van der Waals surface area (Å²) in [6.45, 7) is 1.36. The molecule has 1 amide bonds. The molecule has 1 aromatic carbocycles. The molecular weight excluding hydrogens is 280 g/mol. The standard InChI is InChI=1S/C13H13ClN4O2/c14-9-1-2-11-8(5-9)7-18(3-4-20-11)13(19)10-6-12(15)17-16-10/h1-2,5-6H,3-4,7H2,(H3,15,16,17). The van der Waals surface area contributed by atoms with Crippen LogP contribution in [0.5, 0.6) is 5.75 Å². The highest BCUT2D eigenvalue weighted by atomic mass is 35.5. The van der Waals surface area contributed by atoms with Crippen LogP contribution in [0.25, 0.3) is 0 Å². The minimum atomic E-state index is -0.161. The van der Waals surface area contributed by atoms with E-state index in [0.29, 0.717) is 36.2 Å². The van der Waals surface area contributed by atoms with E-state index >= 15 is 0 Å². The van der Waals surface area contributed by atoms with Gasteiger partial charge in [-0.05, 0) is 18.2 Å². The first-order valence-electron chi connectivity index (χ1n) is 6.15. The smallest absolute Gasteiger partial charge is 0.272 e. The van der Waals surface area contributed by atoms with Gasteiger partial charge in [0.1, 0.15) is 23.9 Å². The normalized spacial score (nSPS) is 14.3. The minimum Gasteiger partial charge on any atom is -0.491 e. The zero-order valence-corrected chi connectivity index (χ0v) is 11.4. The van der Waals surface area contributed by atoms with Crippen molar-refractivity contribution < 1.29 is 9.53 Å². The van der Waals surface area contributed by atoms with Gasteiger partial charge in [-0.3, -0.25) is 9.89 Å². The lowest BCUT2D eigenvalue weighted by Crippen LogP contribution is -2.32. The van der Waals surface area contributed by atoms with Crippen molar-refractivity contribution in [3.8, 4) is 5.75 Å². The van der Waals surface area contributed by atoms with E-state index in [0.717, 1.165) is 11.3 Å². The Bertz CT molecular complexity index is 656. The highest BCUT2D eigenvalue weighted by molar-refractivity contribution is 6.30. The molecule has 0 fully saturated rings. The van der Waals surface area contributed by atoms with Crippen molar-refractivity contribution in [1.29, 1.82) is 0 Å². The van der Waals surface area contributed by atoms with Crippen LogP contribution in [0.4, 0.5) is 5.82 Å². The van der Waals surface area contributed by atoms with E-state index in [2.05, 4.69) is 10.2 Å². The van der Waals surface area contributed by atoms with Crippen LogP contribution >= 0.6 is 11.6 Å². The fraction of sp³-hybridized carbons (Fsp3) is 0.231. The van der Waals surface area contributed by atoms with Crippen molar-refractivity contribution >= 4 is 23.3 Å². The third kappa shape index (κ3) is 2.42. The Hall–Kier alpha value is -2.21. The van der Waals surface area contributed by atoms with Crippen molar-refractivity contribution in [3.63, 3.8) is 0 Å². The predicted molar refractivity (Wildman–Crippen MR) is 74.7 cm³/mol. The topological polar surface area (TPSA) is 84.2 Å². The fourth-order valence-electron chi connectivity index (χ4n) is 2.15. The number of aromatic nitrogens is 2. The lowest BCUT2D eigenvalue weighted by molar-refractivity contribution is 0.0727. The third-order valence-corrected chi connectivity index (χ3v) is 3.35. The Morgan fingerprint density at radius 1 is 1.45 bits per heavy atom. The van der Waals surface area contributed by atoms with Crippen LogP contribution < -0.4 is 10.5 Å². The molecule has 3 N–H and O–H groups in total. The first kappa shape index (κ1) is 12.8. The Morgan fingerprint density at radius 2 is 2.30 bits per heavy atom. The Balaban J connectivity index is 1.86. The number of fused-ring (bicyclic) bond motifs is 1. The average Bonchev–Trinajstić information content (AvgIpc) is 2.74. The van der Waals surface area contributed by atoms with Gasteiger partial charge in [-0.1, -0.05) is 11.6 Å². The van der Waals surface area contributed by atoms with Gasteiger partial charge in [0.05, 0.1) is 6.54 Å². The SMILES string of the molecule is Nc1cc(C(=O)N2CCOc3ccc(Cl)cc3C2)[nH]n1. The van der Waals surface area contributed by atoms with Gasteiger partial charge in [-0.25, -0.2) is 0 Å². The van der Waals surface area contributed by atoms with Gasteiger partial charge in [0.2, 0.25) is 0 Å². The maximum absolute atomic E-state index is 12.4. The van der Waals surface area contributed by atoms with Gasteiger partial charge in [-0.2, -0.15) is 5.10 Å². The molecule has 0 spiro atoms. The number of nitrogens with two attached hydrogens (primary N) is 1. The number of ether oxygens (including phenoxy) is 1. The first-order chi connectivity index (χ1) is 9.63. The molecule has 104 valence electrons. The number of nitrogens with one attached hydrogen (secondary N) is 1. The van der Waals surface area contributed by atoms with Gasteiger partial charge in [-0.15, -0.1) is 0 Å². The highest BCUT2D eigenvalue weighted by Crippen LogP contribution is 2.26. The number of hydrogen-bond donors (Lipinski definition) is 2. The molecule has 0 bridgehead atoms. The molecule has 20 heavy (non-hydrogen) atoms. The quantitative estimate of drug-likeness (QED) is 0.837.